The third-order valence-electron chi connectivity index (χ3n) is 4.28. The molecule has 6 nitrogen and oxygen atoms in total. The molecule has 1 unspecified atom stereocenters. The fourth-order valence-corrected chi connectivity index (χ4v) is 3.12. The maximum absolute atomic E-state index is 11.2. The second-order valence-electron chi connectivity index (χ2n) is 6.58. The number of carbonyl (C=O) groups excluding carboxylic acids is 1. The Bertz CT molecular complexity index is 602. The predicted octanol–water partition coefficient (Wildman–Crippen LogP) is 2.24. The van der Waals surface area contributed by atoms with Gasteiger partial charge in [0.15, 0.2) is 6.29 Å². The molecule has 0 amide bonds. The van der Waals surface area contributed by atoms with Crippen molar-refractivity contribution in [1.29, 1.82) is 0 Å². The third kappa shape index (κ3) is 5.13. The number of aldehydes is 1. The fourth-order valence-electron chi connectivity index (χ4n) is 3.12. The second-order valence-corrected chi connectivity index (χ2v) is 6.58. The number of nitrogens with one attached hydrogen (secondary N) is 1. The summed E-state index contributed by atoms with van der Waals surface area (Å²) in [6.07, 6.45) is 5.91. The first-order valence-corrected chi connectivity index (χ1v) is 8.90. The zero-order valence-electron chi connectivity index (χ0n) is 15.1. The van der Waals surface area contributed by atoms with Crippen molar-refractivity contribution in [3.05, 3.63) is 35.7 Å². The van der Waals surface area contributed by atoms with Gasteiger partial charge in [-0.15, -0.1) is 0 Å². The van der Waals surface area contributed by atoms with Gasteiger partial charge >= 0.3 is 0 Å². The molecule has 1 saturated heterocycles. The highest BCUT2D eigenvalue weighted by atomic mass is 16.5. The molecule has 0 aliphatic carbocycles. The van der Waals surface area contributed by atoms with Crippen molar-refractivity contribution in [2.45, 2.75) is 45.2 Å². The average molecular weight is 347 g/mol. The minimum Gasteiger partial charge on any atom is -0.507 e. The summed E-state index contributed by atoms with van der Waals surface area (Å²) < 4.78 is 5.89. The fraction of sp³-hybridized carbons (Fsp3) is 0.526. The van der Waals surface area contributed by atoms with Crippen molar-refractivity contribution in [1.82, 2.24) is 10.2 Å². The molecule has 0 radical (unpaired) electrons. The summed E-state index contributed by atoms with van der Waals surface area (Å²) >= 11 is 0. The van der Waals surface area contributed by atoms with E-state index in [1.54, 1.807) is 12.1 Å². The van der Waals surface area contributed by atoms with Gasteiger partial charge in [-0.05, 0) is 51.3 Å². The van der Waals surface area contributed by atoms with E-state index in [1.165, 1.54) is 6.07 Å². The van der Waals surface area contributed by atoms with E-state index in [9.17, 15) is 9.90 Å². The standard InChI is InChI=1S/C19H29N3O3/c1-14(2)21-19(9-10-20)22-11-4-3-6-15(22)13-25-18-8-5-7-17(24)16(18)12-23/h5,7-9,12,14-15,21,24H,3-4,6,10-11,13,20H2,1-2H3/b19-9+. The number of nitrogens with zero attached hydrogens (tertiary/aromatic N) is 1. The number of piperidine rings is 1. The Morgan fingerprint density at radius 1 is 1.48 bits per heavy atom. The van der Waals surface area contributed by atoms with Gasteiger partial charge in [0.25, 0.3) is 0 Å². The van der Waals surface area contributed by atoms with Crippen LogP contribution in [0.4, 0.5) is 0 Å². The molecule has 6 heteroatoms. The quantitative estimate of drug-likeness (QED) is 0.625. The van der Waals surface area contributed by atoms with Gasteiger partial charge in [-0.3, -0.25) is 4.79 Å². The second kappa shape index (κ2) is 9.32. The molecule has 0 bridgehead atoms. The first kappa shape index (κ1) is 19.1. The van der Waals surface area contributed by atoms with E-state index in [0.717, 1.165) is 31.6 Å². The number of ether oxygens (including phenoxy) is 1. The average Bonchev–Trinajstić information content (AvgIpc) is 2.59. The molecule has 0 aromatic heterocycles. The van der Waals surface area contributed by atoms with Crippen LogP contribution in [0, 0.1) is 0 Å². The number of likely N-dealkylation sites (tertiary alicyclic amines) is 1. The molecular formula is C19H29N3O3. The molecule has 1 fully saturated rings. The largest absolute Gasteiger partial charge is 0.507 e. The smallest absolute Gasteiger partial charge is 0.157 e. The Balaban J connectivity index is 2.12. The summed E-state index contributed by atoms with van der Waals surface area (Å²) in [4.78, 5) is 13.5. The lowest BCUT2D eigenvalue weighted by Crippen LogP contribution is -2.47. The monoisotopic (exact) mass is 347 g/mol. The first-order valence-electron chi connectivity index (χ1n) is 8.90. The van der Waals surface area contributed by atoms with Crippen molar-refractivity contribution < 1.29 is 14.6 Å². The van der Waals surface area contributed by atoms with E-state index in [-0.39, 0.29) is 17.4 Å². The van der Waals surface area contributed by atoms with Crippen LogP contribution in [0.2, 0.25) is 0 Å². The van der Waals surface area contributed by atoms with E-state index in [2.05, 4.69) is 24.1 Å². The lowest BCUT2D eigenvalue weighted by molar-refractivity contribution is 0.109. The minimum atomic E-state index is -0.0572. The van der Waals surface area contributed by atoms with Gasteiger partial charge in [0.2, 0.25) is 0 Å². The number of phenolic OH excluding ortho intramolecular Hbond substituents is 1. The molecular weight excluding hydrogens is 318 g/mol. The van der Waals surface area contributed by atoms with E-state index in [1.807, 2.05) is 6.08 Å². The van der Waals surface area contributed by atoms with Crippen molar-refractivity contribution in [3.8, 4) is 11.5 Å². The summed E-state index contributed by atoms with van der Waals surface area (Å²) in [5.74, 6) is 1.40. The number of hydrogen-bond acceptors (Lipinski definition) is 6. The van der Waals surface area contributed by atoms with Crippen LogP contribution in [0.15, 0.2) is 30.1 Å². The lowest BCUT2D eigenvalue weighted by Gasteiger charge is -2.39. The molecule has 0 spiro atoms. The third-order valence-corrected chi connectivity index (χ3v) is 4.28. The minimum absolute atomic E-state index is 0.0572. The highest BCUT2D eigenvalue weighted by Gasteiger charge is 2.25. The number of carbonyl (C=O) groups is 1. The summed E-state index contributed by atoms with van der Waals surface area (Å²) in [5, 5.41) is 13.2. The zero-order chi connectivity index (χ0) is 18.2. The number of aromatic hydroxyl groups is 1. The van der Waals surface area contributed by atoms with Gasteiger partial charge in [-0.1, -0.05) is 6.07 Å². The number of nitrogens with two attached hydrogens (primary N) is 1. The van der Waals surface area contributed by atoms with Crippen molar-refractivity contribution in [2.24, 2.45) is 5.73 Å². The van der Waals surface area contributed by atoms with Crippen LogP contribution in [0.3, 0.4) is 0 Å². The molecule has 138 valence electrons. The van der Waals surface area contributed by atoms with Crippen LogP contribution < -0.4 is 15.8 Å². The number of phenols is 1. The van der Waals surface area contributed by atoms with Crippen molar-refractivity contribution in [2.75, 3.05) is 19.7 Å². The summed E-state index contributed by atoms with van der Waals surface area (Å²) in [6, 6.07) is 5.38. The highest BCUT2D eigenvalue weighted by molar-refractivity contribution is 5.83. The maximum Gasteiger partial charge on any atom is 0.157 e. The molecule has 2 rings (SSSR count). The van der Waals surface area contributed by atoms with Gasteiger partial charge in [-0.2, -0.15) is 0 Å². The van der Waals surface area contributed by atoms with Crippen LogP contribution >= 0.6 is 0 Å². The summed E-state index contributed by atoms with van der Waals surface area (Å²) in [7, 11) is 0. The lowest BCUT2D eigenvalue weighted by atomic mass is 10.0. The SMILES string of the molecule is CC(C)N/C(=C\CN)N1CCCCC1COc1cccc(O)c1C=O. The van der Waals surface area contributed by atoms with Crippen molar-refractivity contribution in [3.63, 3.8) is 0 Å². The summed E-state index contributed by atoms with van der Waals surface area (Å²) in [5.41, 5.74) is 5.93. The molecule has 1 heterocycles. The molecule has 1 aliphatic heterocycles. The molecule has 1 aliphatic rings. The molecule has 1 atom stereocenters. The first-order chi connectivity index (χ1) is 12.1. The topological polar surface area (TPSA) is 87.8 Å². The van der Waals surface area contributed by atoms with Gasteiger partial charge < -0.3 is 25.8 Å². The highest BCUT2D eigenvalue weighted by Crippen LogP contribution is 2.27. The van der Waals surface area contributed by atoms with Crippen LogP contribution in [-0.4, -0.2) is 48.1 Å². The van der Waals surface area contributed by atoms with Gasteiger partial charge in [0.1, 0.15) is 18.1 Å². The van der Waals surface area contributed by atoms with E-state index < -0.39 is 0 Å². The van der Waals surface area contributed by atoms with Gasteiger partial charge in [-0.25, -0.2) is 0 Å². The Morgan fingerprint density at radius 2 is 2.28 bits per heavy atom. The maximum atomic E-state index is 11.2. The van der Waals surface area contributed by atoms with Gasteiger partial charge in [0, 0.05) is 19.1 Å². The number of benzene rings is 1. The van der Waals surface area contributed by atoms with Gasteiger partial charge in [0.05, 0.1) is 17.4 Å². The van der Waals surface area contributed by atoms with E-state index in [0.29, 0.717) is 31.2 Å². The Hall–Kier alpha value is -2.21. The van der Waals surface area contributed by atoms with E-state index in [4.69, 9.17) is 10.5 Å². The van der Waals surface area contributed by atoms with Crippen LogP contribution in [0.25, 0.3) is 0 Å². The Kier molecular flexibility index (Phi) is 7.13. The summed E-state index contributed by atoms with van der Waals surface area (Å²) in [6.45, 7) is 6.07. The Morgan fingerprint density at radius 3 is 2.96 bits per heavy atom. The predicted molar refractivity (Wildman–Crippen MR) is 98.7 cm³/mol. The molecule has 1 aromatic carbocycles. The van der Waals surface area contributed by atoms with E-state index >= 15 is 0 Å². The van der Waals surface area contributed by atoms with Crippen LogP contribution in [0.5, 0.6) is 11.5 Å². The normalized spacial score (nSPS) is 18.3. The Labute approximate surface area is 149 Å². The zero-order valence-corrected chi connectivity index (χ0v) is 15.1. The molecule has 25 heavy (non-hydrogen) atoms. The molecule has 1 aromatic rings. The van der Waals surface area contributed by atoms with Crippen LogP contribution in [-0.2, 0) is 0 Å². The number of rotatable bonds is 8. The molecule has 0 saturated carbocycles. The van der Waals surface area contributed by atoms with Crippen molar-refractivity contribution >= 4 is 6.29 Å². The molecule has 4 N–H and O–H groups in total. The number of hydrogen-bond donors (Lipinski definition) is 3. The van der Waals surface area contributed by atoms with Crippen LogP contribution in [0.1, 0.15) is 43.5 Å².